The van der Waals surface area contributed by atoms with Crippen molar-refractivity contribution in [1.82, 2.24) is 10.6 Å². The molecule has 0 bridgehead atoms. The summed E-state index contributed by atoms with van der Waals surface area (Å²) in [4.78, 5) is 11.5. The number of carbonyl (C=O) groups excluding carboxylic acids is 1. The summed E-state index contributed by atoms with van der Waals surface area (Å²) in [5.74, 6) is 0.720. The van der Waals surface area contributed by atoms with Crippen LogP contribution in [0.3, 0.4) is 0 Å². The molecule has 0 spiro atoms. The lowest BCUT2D eigenvalue weighted by Gasteiger charge is -2.10. The molecule has 100 valence electrons. The number of hydrogen-bond acceptors (Lipinski definition) is 4. The zero-order valence-corrected chi connectivity index (χ0v) is 11.0. The Bertz CT molecular complexity index is 369. The number of hydrogen-bond donors (Lipinski definition) is 3. The van der Waals surface area contributed by atoms with Crippen molar-refractivity contribution in [2.24, 2.45) is 0 Å². The van der Waals surface area contributed by atoms with Gasteiger partial charge in [-0.3, -0.25) is 4.79 Å². The molecule has 0 radical (unpaired) electrons. The van der Waals surface area contributed by atoms with Gasteiger partial charge in [0.2, 0.25) is 5.91 Å². The average molecular weight is 251 g/mol. The lowest BCUT2D eigenvalue weighted by Crippen LogP contribution is -2.31. The molecular formula is C13H21N3O2. The molecule has 0 saturated heterocycles. The first-order valence-electron chi connectivity index (χ1n) is 6.06. The van der Waals surface area contributed by atoms with Gasteiger partial charge < -0.3 is 20.7 Å². The minimum Gasteiger partial charge on any atom is -0.495 e. The quantitative estimate of drug-likeness (QED) is 0.599. The Kier molecular flexibility index (Phi) is 6.64. The van der Waals surface area contributed by atoms with E-state index in [2.05, 4.69) is 16.0 Å². The van der Waals surface area contributed by atoms with Crippen LogP contribution in [-0.4, -0.2) is 39.7 Å². The molecule has 0 fully saturated rings. The number of amides is 1. The fraction of sp³-hybridized carbons (Fsp3) is 0.462. The van der Waals surface area contributed by atoms with Gasteiger partial charge in [-0.1, -0.05) is 12.1 Å². The summed E-state index contributed by atoms with van der Waals surface area (Å²) >= 11 is 0. The van der Waals surface area contributed by atoms with Gasteiger partial charge in [-0.25, -0.2) is 0 Å². The van der Waals surface area contributed by atoms with E-state index in [0.717, 1.165) is 24.4 Å². The van der Waals surface area contributed by atoms with E-state index in [-0.39, 0.29) is 12.5 Å². The van der Waals surface area contributed by atoms with E-state index in [1.165, 1.54) is 0 Å². The summed E-state index contributed by atoms with van der Waals surface area (Å²) in [6, 6.07) is 7.53. The molecule has 0 atom stereocenters. The number of anilines is 1. The highest BCUT2D eigenvalue weighted by atomic mass is 16.5. The van der Waals surface area contributed by atoms with Gasteiger partial charge >= 0.3 is 0 Å². The zero-order valence-electron chi connectivity index (χ0n) is 11.0. The van der Waals surface area contributed by atoms with Gasteiger partial charge in [0.05, 0.1) is 19.3 Å². The van der Waals surface area contributed by atoms with E-state index < -0.39 is 0 Å². The number of rotatable bonds is 8. The van der Waals surface area contributed by atoms with Crippen molar-refractivity contribution in [3.8, 4) is 5.75 Å². The van der Waals surface area contributed by atoms with Crippen molar-refractivity contribution < 1.29 is 9.53 Å². The summed E-state index contributed by atoms with van der Waals surface area (Å²) in [7, 11) is 3.50. The average Bonchev–Trinajstić information content (AvgIpc) is 2.41. The van der Waals surface area contributed by atoms with Crippen LogP contribution in [0.25, 0.3) is 0 Å². The molecule has 0 heterocycles. The standard InChI is InChI=1S/C13H21N3O2/c1-14-8-5-9-15-13(17)10-16-11-6-3-4-7-12(11)18-2/h3-4,6-7,14,16H,5,8-10H2,1-2H3,(H,15,17). The monoisotopic (exact) mass is 251 g/mol. The fourth-order valence-electron chi connectivity index (χ4n) is 1.52. The number of carbonyl (C=O) groups is 1. The third-order valence-electron chi connectivity index (χ3n) is 2.47. The van der Waals surface area contributed by atoms with E-state index >= 15 is 0 Å². The number of ether oxygens (including phenoxy) is 1. The lowest BCUT2D eigenvalue weighted by molar-refractivity contribution is -0.119. The molecule has 0 unspecified atom stereocenters. The first kappa shape index (κ1) is 14.3. The fourth-order valence-corrected chi connectivity index (χ4v) is 1.52. The molecule has 3 N–H and O–H groups in total. The van der Waals surface area contributed by atoms with Crippen LogP contribution < -0.4 is 20.7 Å². The summed E-state index contributed by atoms with van der Waals surface area (Å²) in [5, 5.41) is 8.93. The van der Waals surface area contributed by atoms with Gasteiger partial charge in [0.1, 0.15) is 5.75 Å². The van der Waals surface area contributed by atoms with Gasteiger partial charge in [0, 0.05) is 6.54 Å². The highest BCUT2D eigenvalue weighted by Gasteiger charge is 2.03. The van der Waals surface area contributed by atoms with Gasteiger partial charge in [-0.15, -0.1) is 0 Å². The van der Waals surface area contributed by atoms with Crippen LogP contribution in [0.5, 0.6) is 5.75 Å². The molecule has 5 heteroatoms. The van der Waals surface area contributed by atoms with E-state index in [0.29, 0.717) is 6.54 Å². The van der Waals surface area contributed by atoms with E-state index in [9.17, 15) is 4.79 Å². The van der Waals surface area contributed by atoms with Crippen LogP contribution in [0.4, 0.5) is 5.69 Å². The van der Waals surface area contributed by atoms with Crippen molar-refractivity contribution >= 4 is 11.6 Å². The maximum Gasteiger partial charge on any atom is 0.239 e. The van der Waals surface area contributed by atoms with E-state index in [4.69, 9.17) is 4.74 Å². The van der Waals surface area contributed by atoms with Crippen LogP contribution >= 0.6 is 0 Å². The van der Waals surface area contributed by atoms with Crippen molar-refractivity contribution in [3.05, 3.63) is 24.3 Å². The molecule has 0 saturated carbocycles. The Balaban J connectivity index is 2.29. The van der Waals surface area contributed by atoms with Crippen molar-refractivity contribution in [2.75, 3.05) is 39.1 Å². The van der Waals surface area contributed by atoms with Gasteiger partial charge in [-0.2, -0.15) is 0 Å². The molecule has 0 aliphatic heterocycles. The minimum absolute atomic E-state index is 0.0167. The number of benzene rings is 1. The molecule has 1 amide bonds. The Morgan fingerprint density at radius 2 is 2.06 bits per heavy atom. The molecule has 0 aliphatic carbocycles. The SMILES string of the molecule is CNCCCNC(=O)CNc1ccccc1OC. The highest BCUT2D eigenvalue weighted by molar-refractivity contribution is 5.81. The Morgan fingerprint density at radius 3 is 2.78 bits per heavy atom. The molecule has 1 aromatic rings. The van der Waals surface area contributed by atoms with Crippen molar-refractivity contribution in [3.63, 3.8) is 0 Å². The Labute approximate surface area is 108 Å². The second-order valence-electron chi connectivity index (χ2n) is 3.86. The largest absolute Gasteiger partial charge is 0.495 e. The van der Waals surface area contributed by atoms with Crippen LogP contribution in [-0.2, 0) is 4.79 Å². The zero-order chi connectivity index (χ0) is 13.2. The Morgan fingerprint density at radius 1 is 1.28 bits per heavy atom. The molecule has 0 aromatic heterocycles. The number of methoxy groups -OCH3 is 1. The predicted octanol–water partition coefficient (Wildman–Crippen LogP) is 0.833. The topological polar surface area (TPSA) is 62.4 Å². The smallest absolute Gasteiger partial charge is 0.239 e. The summed E-state index contributed by atoms with van der Waals surface area (Å²) in [5.41, 5.74) is 0.824. The Hall–Kier alpha value is -1.75. The van der Waals surface area contributed by atoms with Crippen LogP contribution in [0.2, 0.25) is 0 Å². The highest BCUT2D eigenvalue weighted by Crippen LogP contribution is 2.22. The second-order valence-corrected chi connectivity index (χ2v) is 3.86. The molecular weight excluding hydrogens is 230 g/mol. The second kappa shape index (κ2) is 8.36. The number of nitrogens with one attached hydrogen (secondary N) is 3. The summed E-state index contributed by atoms with van der Waals surface area (Å²) in [6.45, 7) is 1.84. The maximum atomic E-state index is 11.5. The van der Waals surface area contributed by atoms with Crippen LogP contribution in [0, 0.1) is 0 Å². The first-order chi connectivity index (χ1) is 8.77. The van der Waals surface area contributed by atoms with Gasteiger partial charge in [0.25, 0.3) is 0 Å². The third-order valence-corrected chi connectivity index (χ3v) is 2.47. The summed E-state index contributed by atoms with van der Waals surface area (Å²) < 4.78 is 5.19. The molecule has 1 aromatic carbocycles. The molecule has 18 heavy (non-hydrogen) atoms. The predicted molar refractivity (Wildman–Crippen MR) is 73.0 cm³/mol. The van der Waals surface area contributed by atoms with E-state index in [1.807, 2.05) is 31.3 Å². The molecule has 1 rings (SSSR count). The van der Waals surface area contributed by atoms with Gasteiger partial charge in [0.15, 0.2) is 0 Å². The minimum atomic E-state index is -0.0167. The summed E-state index contributed by atoms with van der Waals surface area (Å²) in [6.07, 6.45) is 0.927. The van der Waals surface area contributed by atoms with Crippen LogP contribution in [0.1, 0.15) is 6.42 Å². The molecule has 5 nitrogen and oxygen atoms in total. The van der Waals surface area contributed by atoms with E-state index in [1.54, 1.807) is 7.11 Å². The maximum absolute atomic E-state index is 11.5. The normalized spacial score (nSPS) is 9.89. The lowest BCUT2D eigenvalue weighted by atomic mass is 10.3. The van der Waals surface area contributed by atoms with Gasteiger partial charge in [-0.05, 0) is 32.1 Å². The van der Waals surface area contributed by atoms with Crippen molar-refractivity contribution in [1.29, 1.82) is 0 Å². The van der Waals surface area contributed by atoms with Crippen molar-refractivity contribution in [2.45, 2.75) is 6.42 Å². The van der Waals surface area contributed by atoms with Crippen LogP contribution in [0.15, 0.2) is 24.3 Å². The first-order valence-corrected chi connectivity index (χ1v) is 6.06. The number of para-hydroxylation sites is 2. The third kappa shape index (κ3) is 5.05. The molecule has 0 aliphatic rings.